The highest BCUT2D eigenvalue weighted by Gasteiger charge is 2.28. The monoisotopic (exact) mass is 424 g/mol. The number of nitriles is 2. The summed E-state index contributed by atoms with van der Waals surface area (Å²) >= 11 is 3.50. The zero-order valence-electron chi connectivity index (χ0n) is 14.3. The highest BCUT2D eigenvalue weighted by atomic mass is 79.9. The summed E-state index contributed by atoms with van der Waals surface area (Å²) in [4.78, 5) is 0. The molecule has 1 aromatic carbocycles. The number of benzene rings is 1. The van der Waals surface area contributed by atoms with E-state index in [1.165, 1.54) is 0 Å². The molecule has 1 aromatic rings. The van der Waals surface area contributed by atoms with Crippen molar-refractivity contribution in [3.63, 3.8) is 0 Å². The van der Waals surface area contributed by atoms with Gasteiger partial charge in [0, 0.05) is 4.47 Å². The minimum Gasteiger partial charge on any atom is -0.397 e. The van der Waals surface area contributed by atoms with Crippen molar-refractivity contribution >= 4 is 47.3 Å². The van der Waals surface area contributed by atoms with Crippen LogP contribution in [0.2, 0.25) is 39.3 Å². The highest BCUT2D eigenvalue weighted by molar-refractivity contribution is 9.10. The van der Waals surface area contributed by atoms with Crippen LogP contribution < -0.4 is 5.19 Å². The molecule has 0 saturated carbocycles. The fourth-order valence-electron chi connectivity index (χ4n) is 1.72. The molecular formula is C15H21BrN2O2Si3. The van der Waals surface area contributed by atoms with E-state index in [0.29, 0.717) is 11.1 Å². The average Bonchev–Trinajstić information content (AvgIpc) is 2.36. The van der Waals surface area contributed by atoms with Crippen molar-refractivity contribution in [2.45, 2.75) is 45.2 Å². The summed E-state index contributed by atoms with van der Waals surface area (Å²) in [5.41, 5.74) is 0.764. The van der Waals surface area contributed by atoms with Crippen molar-refractivity contribution < 1.29 is 8.85 Å². The quantitative estimate of drug-likeness (QED) is 0.517. The minimum absolute atomic E-state index is 0.256. The van der Waals surface area contributed by atoms with E-state index in [9.17, 15) is 5.26 Å². The molecule has 2 radical (unpaired) electrons. The van der Waals surface area contributed by atoms with Gasteiger partial charge in [0.1, 0.15) is 18.1 Å². The van der Waals surface area contributed by atoms with Gasteiger partial charge in [-0.05, 0) is 56.6 Å². The number of halogens is 1. The summed E-state index contributed by atoms with van der Waals surface area (Å²) in [5, 5.41) is 19.3. The van der Waals surface area contributed by atoms with Crippen molar-refractivity contribution in [1.29, 1.82) is 10.5 Å². The van der Waals surface area contributed by atoms with Gasteiger partial charge in [0.2, 0.25) is 0 Å². The lowest BCUT2D eigenvalue weighted by atomic mass is 10.1. The Labute approximate surface area is 151 Å². The Morgan fingerprint density at radius 1 is 0.957 bits per heavy atom. The third-order valence-corrected chi connectivity index (χ3v) is 7.07. The van der Waals surface area contributed by atoms with Crippen molar-refractivity contribution in [2.75, 3.05) is 0 Å². The molecule has 1 rings (SSSR count). The molecule has 0 atom stereocenters. The smallest absolute Gasteiger partial charge is 0.186 e. The Hall–Kier alpha value is -0.749. The van der Waals surface area contributed by atoms with Crippen LogP contribution in [0.25, 0.3) is 0 Å². The van der Waals surface area contributed by atoms with Crippen molar-refractivity contribution in [3.05, 3.63) is 27.7 Å². The molecule has 0 bridgehead atoms. The molecule has 23 heavy (non-hydrogen) atoms. The molecule has 0 aromatic heterocycles. The molecule has 0 saturated heterocycles. The van der Waals surface area contributed by atoms with Gasteiger partial charge in [0.25, 0.3) is 0 Å². The van der Waals surface area contributed by atoms with Gasteiger partial charge in [-0.25, -0.2) is 0 Å². The van der Waals surface area contributed by atoms with Gasteiger partial charge in [-0.15, -0.1) is 0 Å². The van der Waals surface area contributed by atoms with E-state index in [-0.39, 0.29) is 15.4 Å². The van der Waals surface area contributed by atoms with Crippen LogP contribution in [0.15, 0.2) is 16.6 Å². The van der Waals surface area contributed by atoms with Crippen LogP contribution >= 0.6 is 15.9 Å². The lowest BCUT2D eigenvalue weighted by Crippen LogP contribution is -2.46. The second-order valence-electron chi connectivity index (χ2n) is 7.04. The van der Waals surface area contributed by atoms with Gasteiger partial charge in [0.15, 0.2) is 26.2 Å². The van der Waals surface area contributed by atoms with E-state index in [4.69, 9.17) is 14.1 Å². The van der Waals surface area contributed by atoms with E-state index in [1.807, 2.05) is 6.07 Å². The van der Waals surface area contributed by atoms with E-state index >= 15 is 0 Å². The first kappa shape index (κ1) is 20.3. The van der Waals surface area contributed by atoms with Gasteiger partial charge in [-0.2, -0.15) is 10.5 Å². The maximum Gasteiger partial charge on any atom is 0.186 e. The van der Waals surface area contributed by atoms with E-state index in [0.717, 1.165) is 9.66 Å². The van der Waals surface area contributed by atoms with Gasteiger partial charge in [-0.3, -0.25) is 0 Å². The number of rotatable bonds is 6. The summed E-state index contributed by atoms with van der Waals surface area (Å²) in [5.74, 6) is -0.302. The molecule has 4 nitrogen and oxygen atoms in total. The van der Waals surface area contributed by atoms with E-state index in [1.54, 1.807) is 12.1 Å². The number of hydrogen-bond acceptors (Lipinski definition) is 4. The average molecular weight is 426 g/mol. The van der Waals surface area contributed by atoms with Crippen LogP contribution in [-0.4, -0.2) is 32.1 Å². The van der Waals surface area contributed by atoms with Crippen LogP contribution in [0, 0.1) is 22.7 Å². The Morgan fingerprint density at radius 2 is 1.39 bits per heavy atom. The van der Waals surface area contributed by atoms with Gasteiger partial charge in [0.05, 0.1) is 11.1 Å². The lowest BCUT2D eigenvalue weighted by molar-refractivity contribution is 0.0620. The first-order valence-electron chi connectivity index (χ1n) is 7.21. The van der Waals surface area contributed by atoms with Crippen LogP contribution in [0.5, 0.6) is 0 Å². The van der Waals surface area contributed by atoms with Gasteiger partial charge in [-0.1, -0.05) is 15.9 Å². The number of nitrogens with zero attached hydrogens (tertiary/aromatic N) is 2. The topological polar surface area (TPSA) is 66.0 Å². The van der Waals surface area contributed by atoms with Crippen molar-refractivity contribution in [1.82, 2.24) is 0 Å². The first-order valence-corrected chi connectivity index (χ1v) is 15.9. The summed E-state index contributed by atoms with van der Waals surface area (Å²) < 4.78 is 13.2. The summed E-state index contributed by atoms with van der Waals surface area (Å²) in [6.45, 7) is 12.8. The normalized spacial score (nSPS) is 12.1. The summed E-state index contributed by atoms with van der Waals surface area (Å²) in [6.07, 6.45) is 0. The number of hydrogen-bond donors (Lipinski definition) is 0. The second-order valence-corrected chi connectivity index (χ2v) is 18.1. The first-order chi connectivity index (χ1) is 10.4. The molecule has 0 aliphatic rings. The van der Waals surface area contributed by atoms with Crippen LogP contribution in [0.4, 0.5) is 0 Å². The van der Waals surface area contributed by atoms with Crippen LogP contribution in [0.1, 0.15) is 11.1 Å². The summed E-state index contributed by atoms with van der Waals surface area (Å²) in [7, 11) is -3.26. The molecule has 0 amide bonds. The predicted molar refractivity (Wildman–Crippen MR) is 102 cm³/mol. The maximum absolute atomic E-state index is 9.21. The molecule has 0 aliphatic heterocycles. The highest BCUT2D eigenvalue weighted by Crippen LogP contribution is 2.17. The zero-order chi connectivity index (χ0) is 17.8. The molecule has 0 aliphatic carbocycles. The molecule has 0 fully saturated rings. The van der Waals surface area contributed by atoms with Gasteiger partial charge < -0.3 is 8.85 Å². The minimum atomic E-state index is -1.76. The van der Waals surface area contributed by atoms with Crippen LogP contribution in [-0.2, 0) is 8.85 Å². The molecular weight excluding hydrogens is 404 g/mol. The Balaban J connectivity index is 3.13. The maximum atomic E-state index is 9.21. The standard InChI is InChI=1S/C15H21BrN2O2Si3/c1-22(2,3)19-15(20-23(4,5)6)21-14-8-12(10-18)11(9-17)7-13(14)16/h7-8,15H,1-6H3. The molecule has 0 heterocycles. The third kappa shape index (κ3) is 7.12. The largest absolute Gasteiger partial charge is 0.397 e. The van der Waals surface area contributed by atoms with Crippen molar-refractivity contribution in [3.8, 4) is 12.1 Å². The fourth-order valence-corrected chi connectivity index (χ4v) is 7.17. The Bertz CT molecular complexity index is 639. The molecule has 8 heteroatoms. The SMILES string of the molecule is C[Si](C)(C)OC(O[Si](C)(C)C)[Si]c1cc(C#N)c(C#N)cc1Br. The zero-order valence-corrected chi connectivity index (χ0v) is 18.9. The van der Waals surface area contributed by atoms with E-state index in [2.05, 4.69) is 61.3 Å². The second kappa shape index (κ2) is 7.88. The Morgan fingerprint density at radius 3 is 1.78 bits per heavy atom. The molecule has 0 unspecified atom stereocenters. The van der Waals surface area contributed by atoms with Crippen LogP contribution in [0.3, 0.4) is 0 Å². The summed E-state index contributed by atoms with van der Waals surface area (Å²) in [6, 6.07) is 7.58. The Kier molecular flexibility index (Phi) is 6.96. The lowest BCUT2D eigenvalue weighted by Gasteiger charge is -2.31. The molecule has 122 valence electrons. The van der Waals surface area contributed by atoms with E-state index < -0.39 is 16.6 Å². The fraction of sp³-hybridized carbons (Fsp3) is 0.467. The van der Waals surface area contributed by atoms with Crippen molar-refractivity contribution in [2.24, 2.45) is 0 Å². The van der Waals surface area contributed by atoms with Gasteiger partial charge >= 0.3 is 0 Å². The third-order valence-electron chi connectivity index (χ3n) is 2.54. The molecule has 0 N–H and O–H groups in total. The molecule has 0 spiro atoms. The predicted octanol–water partition coefficient (Wildman–Crippen LogP) is 3.51.